The van der Waals surface area contributed by atoms with Crippen LogP contribution in [0.25, 0.3) is 44.3 Å². The second kappa shape index (κ2) is 27.0. The van der Waals surface area contributed by atoms with Crippen molar-refractivity contribution in [3.05, 3.63) is 219 Å². The van der Waals surface area contributed by atoms with Gasteiger partial charge in [-0.1, -0.05) is 43.5 Å². The molecule has 0 unspecified atom stereocenters. The zero-order chi connectivity index (χ0) is 60.9. The molecule has 8 aromatic rings. The predicted octanol–water partition coefficient (Wildman–Crippen LogP) is 8.23. The Balaban J connectivity index is 1.25. The number of amides is 1. The summed E-state index contributed by atoms with van der Waals surface area (Å²) in [6, 6.07) is 43.5. The molecule has 1 heterocycles. The molecule has 0 radical (unpaired) electrons. The Labute approximate surface area is 501 Å². The number of allylic oxidation sites excluding steroid dienone is 1. The van der Waals surface area contributed by atoms with Crippen molar-refractivity contribution in [3.63, 3.8) is 0 Å². The van der Waals surface area contributed by atoms with Gasteiger partial charge in [-0.2, -0.15) is 0 Å². The number of nitrogens with zero attached hydrogens (tertiary/aromatic N) is 2. The van der Waals surface area contributed by atoms with Gasteiger partial charge in [0.15, 0.2) is 5.78 Å². The molecule has 8 aromatic carbocycles. The Bertz CT molecular complexity index is 4040. The van der Waals surface area contributed by atoms with Crippen LogP contribution < -0.4 is 40.8 Å². The molecule has 1 aliphatic rings. The van der Waals surface area contributed by atoms with E-state index < -0.39 is 39.1 Å². The maximum atomic E-state index is 14.8. The number of ketones is 1. The summed E-state index contributed by atoms with van der Waals surface area (Å²) in [7, 11) is -1.86. The second-order valence-electron chi connectivity index (χ2n) is 23.3. The van der Waals surface area contributed by atoms with Crippen LogP contribution in [0.3, 0.4) is 0 Å². The summed E-state index contributed by atoms with van der Waals surface area (Å²) >= 11 is -2.87. The van der Waals surface area contributed by atoms with Crippen LogP contribution in [-0.4, -0.2) is 95.8 Å². The summed E-state index contributed by atoms with van der Waals surface area (Å²) in [4.78, 5) is 29.9. The van der Waals surface area contributed by atoms with E-state index in [0.717, 1.165) is 72.7 Å². The van der Waals surface area contributed by atoms with Crippen LogP contribution in [0.2, 0.25) is 11.5 Å². The first-order chi connectivity index (χ1) is 40.7. The molecule has 9 rings (SSSR count). The second-order valence-corrected chi connectivity index (χ2v) is 32.4. The van der Waals surface area contributed by atoms with Crippen molar-refractivity contribution in [2.45, 2.75) is 91.1 Å². The van der Waals surface area contributed by atoms with Crippen LogP contribution in [0.15, 0.2) is 158 Å². The van der Waals surface area contributed by atoms with Crippen molar-refractivity contribution in [1.29, 1.82) is 0 Å². The number of hydrogen-bond donors (Lipinski definition) is 6. The molecule has 1 amide bonds. The van der Waals surface area contributed by atoms with Gasteiger partial charge in [0.05, 0.1) is 0 Å². The van der Waals surface area contributed by atoms with Crippen molar-refractivity contribution in [2.24, 2.45) is 0 Å². The van der Waals surface area contributed by atoms with E-state index in [-0.39, 0.29) is 35.7 Å². The van der Waals surface area contributed by atoms with Crippen LogP contribution in [0, 0.1) is 18.6 Å². The number of hydrogen-bond acceptors (Lipinski definition) is 9. The molecular formula is C70H76B2F2GeN4O6. The molecule has 0 bridgehead atoms. The van der Waals surface area contributed by atoms with Gasteiger partial charge < -0.3 is 25.4 Å². The molecule has 0 aromatic heterocycles. The Hall–Kier alpha value is -7.27. The van der Waals surface area contributed by atoms with E-state index in [0.29, 0.717) is 80.7 Å². The van der Waals surface area contributed by atoms with E-state index in [1.807, 2.05) is 19.2 Å². The summed E-state index contributed by atoms with van der Waals surface area (Å²) in [5.74, 6) is 3.56. The topological polar surface area (TPSA) is 146 Å². The summed E-state index contributed by atoms with van der Waals surface area (Å²) in [5.41, 5.74) is 12.0. The molecule has 1 aliphatic heterocycles. The summed E-state index contributed by atoms with van der Waals surface area (Å²) in [6.07, 6.45) is 4.28. The number of aryl methyl sites for hydroxylation is 1. The Morgan fingerprint density at radius 1 is 0.624 bits per heavy atom. The molecule has 6 N–H and O–H groups in total. The molecule has 0 saturated carbocycles. The number of unbranched alkanes of at least 4 members (excludes halogenated alkanes) is 1. The van der Waals surface area contributed by atoms with Gasteiger partial charge in [0.1, 0.15) is 11.6 Å². The van der Waals surface area contributed by atoms with Gasteiger partial charge in [0.25, 0.3) is 0 Å². The first-order valence-corrected chi connectivity index (χ1v) is 35.5. The van der Waals surface area contributed by atoms with E-state index >= 15 is 0 Å². The van der Waals surface area contributed by atoms with E-state index in [4.69, 9.17) is 0 Å². The first-order valence-electron chi connectivity index (χ1n) is 29.2. The SMILES string of the molecule is C=C(C)C(=O)CCCCN(Cc1ccc(F)cc1B(O)O)Cc1c2ccccc2c(CN(CCCNC(=O)C(=C)C)Cc2ccc(F)cc2B(O)O)c2ccc(-c3ccc(C)c(C4=c5cc/c(=C\C)c[c]5[Ge]([CH3])([CH3])[c]5cc(NC)ccc54)c3)cc12. The average molecular weight is 1200 g/mol. The van der Waals surface area contributed by atoms with Gasteiger partial charge in [-0.25, -0.2) is 8.78 Å². The number of rotatable bonds is 24. The third-order valence-electron chi connectivity index (χ3n) is 16.9. The van der Waals surface area contributed by atoms with Gasteiger partial charge in [0.2, 0.25) is 5.91 Å². The third kappa shape index (κ3) is 13.9. The monoisotopic (exact) mass is 1200 g/mol. The fourth-order valence-corrected chi connectivity index (χ4v) is 18.7. The number of Topliss-reactive ketones (excluding diaryl/α,β-unsaturated/α-hetero) is 1. The molecule has 0 aliphatic carbocycles. The molecule has 0 fully saturated rings. The maximum absolute atomic E-state index is 14.8. The Morgan fingerprint density at radius 2 is 1.21 bits per heavy atom. The Kier molecular flexibility index (Phi) is 19.8. The van der Waals surface area contributed by atoms with Gasteiger partial charge in [0, 0.05) is 38.2 Å². The van der Waals surface area contributed by atoms with Crippen molar-refractivity contribution in [2.75, 3.05) is 32.0 Å². The van der Waals surface area contributed by atoms with E-state index in [1.165, 1.54) is 42.5 Å². The average Bonchev–Trinajstić information content (AvgIpc) is 1.69. The van der Waals surface area contributed by atoms with Gasteiger partial charge >= 0.3 is 259 Å². The zero-order valence-electron chi connectivity index (χ0n) is 49.9. The molecule has 85 heavy (non-hydrogen) atoms. The molecule has 436 valence electrons. The van der Waals surface area contributed by atoms with Crippen molar-refractivity contribution in [3.8, 4) is 11.1 Å². The van der Waals surface area contributed by atoms with Crippen molar-refractivity contribution < 1.29 is 38.5 Å². The molecule has 0 spiro atoms. The summed E-state index contributed by atoms with van der Waals surface area (Å²) in [6.45, 7) is 17.9. The van der Waals surface area contributed by atoms with Crippen LogP contribution in [-0.2, 0) is 35.8 Å². The minimum atomic E-state index is -2.87. The van der Waals surface area contributed by atoms with Gasteiger partial charge in [-0.3, -0.25) is 14.5 Å². The van der Waals surface area contributed by atoms with E-state index in [2.05, 4.69) is 150 Å². The summed E-state index contributed by atoms with van der Waals surface area (Å²) in [5, 5.41) is 54.9. The normalized spacial score (nSPS) is 12.9. The number of benzene rings is 8. The van der Waals surface area contributed by atoms with Gasteiger partial charge in [-0.15, -0.1) is 0 Å². The molecule has 15 heteroatoms. The predicted molar refractivity (Wildman–Crippen MR) is 349 cm³/mol. The molecule has 0 atom stereocenters. The van der Waals surface area contributed by atoms with Gasteiger partial charge in [-0.05, 0) is 91.5 Å². The number of fused-ring (bicyclic) bond motifs is 4. The van der Waals surface area contributed by atoms with Crippen molar-refractivity contribution >= 4 is 97.8 Å². The number of nitrogens with one attached hydrogen (secondary N) is 2. The Morgan fingerprint density at radius 3 is 1.80 bits per heavy atom. The quantitative estimate of drug-likeness (QED) is 0.0153. The molecule has 0 saturated heterocycles. The van der Waals surface area contributed by atoms with Crippen LogP contribution in [0.1, 0.15) is 85.4 Å². The van der Waals surface area contributed by atoms with Crippen molar-refractivity contribution in [1.82, 2.24) is 15.1 Å². The van der Waals surface area contributed by atoms with E-state index in [9.17, 15) is 38.5 Å². The first kappa shape index (κ1) is 62.3. The van der Waals surface area contributed by atoms with E-state index in [1.54, 1.807) is 26.0 Å². The standard InChI is InChI=1S/C70H76B2F2GeN4O6/c1-10-47-20-28-58-66(34-47)75(7,8)67-39-54(76-9)27-30-59(67)69(58)60-35-48(21-19-46(60)6)49-24-29-57-61(36-49)63(43-78(32-14-13-18-68(80)44(2)3)40-50-22-25-52(73)37-64(50)71(82)83)56-17-12-11-16-55(56)62(57)42-79(33-15-31-77-70(81)45(4)5)41-51-23-26-53(74)38-65(51)72(84)85/h10-12,16-17,19-30,34-39,76,82-85H,2,4,13-15,18,31-33,40-43H2,1,3,5-9H3,(H,77,81)/b47-10+. The molecule has 10 nitrogen and oxygen atoms in total. The minimum absolute atomic E-state index is 0.00199. The number of anilines is 1. The summed E-state index contributed by atoms with van der Waals surface area (Å²) < 4.78 is 32.4. The third-order valence-corrected chi connectivity index (χ3v) is 24.3. The zero-order valence-corrected chi connectivity index (χ0v) is 52.0. The van der Waals surface area contributed by atoms with Crippen LogP contribution >= 0.6 is 0 Å². The fraction of sp³-hybridized carbons (Fsp3) is 0.257. The fourth-order valence-electron chi connectivity index (χ4n) is 12.2. The van der Waals surface area contributed by atoms with Crippen LogP contribution in [0.5, 0.6) is 0 Å². The van der Waals surface area contributed by atoms with Crippen LogP contribution in [0.4, 0.5) is 14.5 Å². The molecular weight excluding hydrogens is 1130 g/mol. The number of carbonyl (C=O) groups is 2. The number of carbonyl (C=O) groups excluding carboxylic acids is 2. The number of halogens is 2.